The predicted molar refractivity (Wildman–Crippen MR) is 114 cm³/mol. The van der Waals surface area contributed by atoms with Crippen LogP contribution in [0.4, 0.5) is 5.69 Å². The van der Waals surface area contributed by atoms with Gasteiger partial charge in [0.05, 0.1) is 0 Å². The number of hydrogen-bond donors (Lipinski definition) is 1. The van der Waals surface area contributed by atoms with Crippen LogP contribution in [-0.4, -0.2) is 25.2 Å². The molecule has 0 radical (unpaired) electrons. The van der Waals surface area contributed by atoms with Crippen LogP contribution in [0.2, 0.25) is 0 Å². The van der Waals surface area contributed by atoms with Crippen molar-refractivity contribution in [3.8, 4) is 11.1 Å². The van der Waals surface area contributed by atoms with Crippen molar-refractivity contribution in [1.82, 2.24) is 19.3 Å². The van der Waals surface area contributed by atoms with Gasteiger partial charge in [-0.05, 0) is 56.7 Å². The van der Waals surface area contributed by atoms with E-state index in [1.54, 1.807) is 7.05 Å². The van der Waals surface area contributed by atoms with Gasteiger partial charge in [0, 0.05) is 12.7 Å². The lowest BCUT2D eigenvalue weighted by molar-refractivity contribution is -0.116. The van der Waals surface area contributed by atoms with Crippen LogP contribution in [0.3, 0.4) is 0 Å². The number of nitrogens with zero attached hydrogens (tertiary/aromatic N) is 4. The predicted octanol–water partition coefficient (Wildman–Crippen LogP) is 3.10. The van der Waals surface area contributed by atoms with Gasteiger partial charge >= 0.3 is 0 Å². The molecular weight excluding hydrogens is 434 g/mol. The van der Waals surface area contributed by atoms with Crippen LogP contribution < -0.4 is 10.9 Å². The Morgan fingerprint density at radius 2 is 1.97 bits per heavy atom. The molecule has 2 aromatic heterocycles. The highest BCUT2D eigenvalue weighted by Gasteiger charge is 2.19. The Morgan fingerprint density at radius 1 is 1.17 bits per heavy atom. The van der Waals surface area contributed by atoms with Crippen molar-refractivity contribution in [1.29, 1.82) is 0 Å². The van der Waals surface area contributed by atoms with E-state index in [1.165, 1.54) is 37.8 Å². The van der Waals surface area contributed by atoms with Crippen LogP contribution >= 0.6 is 15.9 Å². The second-order valence-electron chi connectivity index (χ2n) is 7.04. The van der Waals surface area contributed by atoms with E-state index in [0.29, 0.717) is 21.3 Å². The quantitative estimate of drug-likeness (QED) is 0.458. The third-order valence-corrected chi connectivity index (χ3v) is 5.71. The number of aromatic nitrogens is 4. The molecule has 1 N–H and O–H groups in total. The molecule has 4 aromatic rings. The maximum absolute atomic E-state index is 12.7. The average Bonchev–Trinajstić information content (AvgIpc) is 3.20. The van der Waals surface area contributed by atoms with Crippen molar-refractivity contribution >= 4 is 38.6 Å². The lowest BCUT2D eigenvalue weighted by Gasteiger charge is -2.09. The number of hydrogen-bond acceptors (Lipinski definition) is 4. The average molecular weight is 450 g/mol. The number of amides is 1. The van der Waals surface area contributed by atoms with E-state index >= 15 is 0 Å². The van der Waals surface area contributed by atoms with Crippen molar-refractivity contribution in [2.75, 3.05) is 5.32 Å². The standard InChI is InChI=1S/C21H16BrN5O2/c1-26-20-18(19(22)25-26)21(29)27(11-23-20)10-17(28)24-14-6-7-16-13(9-14)8-12-4-2-3-5-15(12)16/h2-7,9,11H,8,10H2,1H3,(H,24,28). The fourth-order valence-corrected chi connectivity index (χ4v) is 4.41. The van der Waals surface area contributed by atoms with Gasteiger partial charge in [0.2, 0.25) is 5.91 Å². The number of carbonyl (C=O) groups is 1. The molecular formula is C21H16BrN5O2. The van der Waals surface area contributed by atoms with E-state index in [9.17, 15) is 9.59 Å². The molecule has 7 nitrogen and oxygen atoms in total. The van der Waals surface area contributed by atoms with Gasteiger partial charge in [-0.3, -0.25) is 14.2 Å². The zero-order valence-corrected chi connectivity index (χ0v) is 17.1. The minimum Gasteiger partial charge on any atom is -0.325 e. The molecule has 144 valence electrons. The van der Waals surface area contributed by atoms with Crippen molar-refractivity contribution in [2.24, 2.45) is 7.05 Å². The maximum Gasteiger partial charge on any atom is 0.266 e. The smallest absolute Gasteiger partial charge is 0.266 e. The normalized spacial score (nSPS) is 12.1. The molecule has 2 aromatic carbocycles. The highest BCUT2D eigenvalue weighted by atomic mass is 79.9. The Kier molecular flexibility index (Phi) is 4.09. The Hall–Kier alpha value is -3.26. The first-order chi connectivity index (χ1) is 14.0. The molecule has 8 heteroatoms. The number of anilines is 1. The zero-order valence-electron chi connectivity index (χ0n) is 15.5. The first kappa shape index (κ1) is 17.8. The van der Waals surface area contributed by atoms with Crippen molar-refractivity contribution in [3.63, 3.8) is 0 Å². The summed E-state index contributed by atoms with van der Waals surface area (Å²) in [6.07, 6.45) is 2.22. The summed E-state index contributed by atoms with van der Waals surface area (Å²) in [7, 11) is 1.71. The molecule has 0 saturated heterocycles. The van der Waals surface area contributed by atoms with Crippen LogP contribution in [0.15, 0.2) is 58.2 Å². The fraction of sp³-hybridized carbons (Fsp3) is 0.143. The summed E-state index contributed by atoms with van der Waals surface area (Å²) in [4.78, 5) is 29.5. The molecule has 0 atom stereocenters. The number of fused-ring (bicyclic) bond motifs is 4. The lowest BCUT2D eigenvalue weighted by atomic mass is 10.1. The second-order valence-corrected chi connectivity index (χ2v) is 7.80. The van der Waals surface area contributed by atoms with Gasteiger partial charge in [-0.25, -0.2) is 9.67 Å². The van der Waals surface area contributed by atoms with Crippen molar-refractivity contribution in [2.45, 2.75) is 13.0 Å². The Morgan fingerprint density at radius 3 is 2.83 bits per heavy atom. The van der Waals surface area contributed by atoms with E-state index in [1.807, 2.05) is 30.3 Å². The molecule has 0 unspecified atom stereocenters. The first-order valence-corrected chi connectivity index (χ1v) is 9.89. The van der Waals surface area contributed by atoms with E-state index < -0.39 is 0 Å². The molecule has 29 heavy (non-hydrogen) atoms. The lowest BCUT2D eigenvalue weighted by Crippen LogP contribution is -2.28. The van der Waals surface area contributed by atoms with Gasteiger partial charge in [-0.15, -0.1) is 0 Å². The third kappa shape index (κ3) is 2.96. The van der Waals surface area contributed by atoms with Crippen LogP contribution in [0.5, 0.6) is 0 Å². The summed E-state index contributed by atoms with van der Waals surface area (Å²) in [5.74, 6) is -0.288. The summed E-state index contributed by atoms with van der Waals surface area (Å²) in [6, 6.07) is 14.2. The summed E-state index contributed by atoms with van der Waals surface area (Å²) in [5, 5.41) is 7.39. The molecule has 0 spiro atoms. The van der Waals surface area contributed by atoms with E-state index in [0.717, 1.165) is 6.42 Å². The summed E-state index contributed by atoms with van der Waals surface area (Å²) in [6.45, 7) is -0.125. The van der Waals surface area contributed by atoms with Crippen LogP contribution in [-0.2, 0) is 24.8 Å². The van der Waals surface area contributed by atoms with Crippen molar-refractivity contribution in [3.05, 3.63) is 74.9 Å². The largest absolute Gasteiger partial charge is 0.325 e. The molecule has 5 rings (SSSR count). The minimum atomic E-state index is -0.311. The number of carbonyl (C=O) groups excluding carboxylic acids is 1. The first-order valence-electron chi connectivity index (χ1n) is 9.10. The van der Waals surface area contributed by atoms with E-state index in [-0.39, 0.29) is 18.0 Å². The number of benzene rings is 2. The molecule has 1 aliphatic rings. The molecule has 0 fully saturated rings. The van der Waals surface area contributed by atoms with Gasteiger partial charge in [-0.2, -0.15) is 5.10 Å². The van der Waals surface area contributed by atoms with Gasteiger partial charge < -0.3 is 5.32 Å². The van der Waals surface area contributed by atoms with Gasteiger partial charge in [0.1, 0.15) is 22.9 Å². The van der Waals surface area contributed by atoms with Crippen LogP contribution in [0.25, 0.3) is 22.2 Å². The molecule has 0 saturated carbocycles. The summed E-state index contributed by atoms with van der Waals surface area (Å²) < 4.78 is 3.22. The number of halogens is 1. The number of rotatable bonds is 3. The summed E-state index contributed by atoms with van der Waals surface area (Å²) >= 11 is 3.28. The number of aryl methyl sites for hydroxylation is 1. The minimum absolute atomic E-state index is 0.125. The third-order valence-electron chi connectivity index (χ3n) is 5.16. The fourth-order valence-electron chi connectivity index (χ4n) is 3.83. The van der Waals surface area contributed by atoms with Crippen LogP contribution in [0.1, 0.15) is 11.1 Å². The maximum atomic E-state index is 12.7. The van der Waals surface area contributed by atoms with Crippen LogP contribution in [0, 0.1) is 0 Å². The van der Waals surface area contributed by atoms with Gasteiger partial charge in [-0.1, -0.05) is 30.3 Å². The monoisotopic (exact) mass is 449 g/mol. The Bertz CT molecular complexity index is 1360. The Balaban J connectivity index is 1.38. The van der Waals surface area contributed by atoms with E-state index in [4.69, 9.17) is 0 Å². The highest BCUT2D eigenvalue weighted by Crippen LogP contribution is 2.37. The van der Waals surface area contributed by atoms with Crippen molar-refractivity contribution < 1.29 is 4.79 Å². The summed E-state index contributed by atoms with van der Waals surface area (Å²) in [5.41, 5.74) is 5.79. The molecule has 1 aliphatic carbocycles. The highest BCUT2D eigenvalue weighted by molar-refractivity contribution is 9.10. The topological polar surface area (TPSA) is 81.8 Å². The second kappa shape index (κ2) is 6.66. The molecule has 2 heterocycles. The SMILES string of the molecule is Cn1nc(Br)c2c(=O)n(CC(=O)Nc3ccc4c(c3)Cc3ccccc3-4)cnc21. The van der Waals surface area contributed by atoms with E-state index in [2.05, 4.69) is 43.5 Å². The number of nitrogens with one attached hydrogen (secondary N) is 1. The molecule has 0 bridgehead atoms. The Labute approximate surface area is 174 Å². The zero-order chi connectivity index (χ0) is 20.1. The van der Waals surface area contributed by atoms with Gasteiger partial charge in [0.15, 0.2) is 5.65 Å². The van der Waals surface area contributed by atoms with Gasteiger partial charge in [0.25, 0.3) is 5.56 Å². The molecule has 0 aliphatic heterocycles. The molecule has 1 amide bonds.